The number of amides is 1. The Balaban J connectivity index is 2.00. The van der Waals surface area contributed by atoms with Crippen molar-refractivity contribution in [2.45, 2.75) is 18.4 Å². The maximum Gasteiger partial charge on any atom is 0.267 e. The molecule has 2 rings (SSSR count). The van der Waals surface area contributed by atoms with Crippen molar-refractivity contribution in [3.8, 4) is 0 Å². The molecule has 1 aromatic carbocycles. The maximum absolute atomic E-state index is 11.9. The predicted octanol–water partition coefficient (Wildman–Crippen LogP) is 0.795. The lowest BCUT2D eigenvalue weighted by Gasteiger charge is -2.05. The van der Waals surface area contributed by atoms with Gasteiger partial charge in [-0.1, -0.05) is 12.1 Å². The Morgan fingerprint density at radius 3 is 2.18 bits per heavy atom. The number of rotatable bonds is 5. The summed E-state index contributed by atoms with van der Waals surface area (Å²) >= 11 is 0. The summed E-state index contributed by atoms with van der Waals surface area (Å²) in [6.07, 6.45) is 0. The molecule has 0 aliphatic rings. The standard InChI is InChI=1S/C14H15N3O4S/c1-9(18)12-6-7-13(17-12)14(19)16-8-10-2-4-11(5-3-10)22(15,20)21/h2-7,17H,8H2,1H3,(H,16,19)(H2,15,20,21). The molecule has 2 aromatic rings. The molecule has 1 aromatic heterocycles. The Morgan fingerprint density at radius 1 is 1.09 bits per heavy atom. The molecular weight excluding hydrogens is 306 g/mol. The van der Waals surface area contributed by atoms with E-state index in [2.05, 4.69) is 10.3 Å². The van der Waals surface area contributed by atoms with E-state index in [1.165, 1.54) is 31.2 Å². The van der Waals surface area contributed by atoms with Crippen molar-refractivity contribution in [1.82, 2.24) is 10.3 Å². The Hall–Kier alpha value is -2.45. The molecule has 0 aliphatic heterocycles. The van der Waals surface area contributed by atoms with Gasteiger partial charge in [-0.3, -0.25) is 9.59 Å². The second-order valence-corrected chi connectivity index (χ2v) is 6.27. The zero-order chi connectivity index (χ0) is 16.3. The molecule has 8 heteroatoms. The van der Waals surface area contributed by atoms with Gasteiger partial charge in [0.2, 0.25) is 10.0 Å². The average molecular weight is 321 g/mol. The number of ketones is 1. The van der Waals surface area contributed by atoms with E-state index < -0.39 is 10.0 Å². The number of benzene rings is 1. The first kappa shape index (κ1) is 15.9. The summed E-state index contributed by atoms with van der Waals surface area (Å²) in [5, 5.41) is 7.67. The van der Waals surface area contributed by atoms with Crippen LogP contribution in [0, 0.1) is 0 Å². The van der Waals surface area contributed by atoms with Crippen LogP contribution in [0.3, 0.4) is 0 Å². The zero-order valence-electron chi connectivity index (χ0n) is 11.8. The van der Waals surface area contributed by atoms with Crippen molar-refractivity contribution in [3.63, 3.8) is 0 Å². The van der Waals surface area contributed by atoms with Crippen LogP contribution in [0.25, 0.3) is 0 Å². The fourth-order valence-corrected chi connectivity index (χ4v) is 2.32. The van der Waals surface area contributed by atoms with E-state index in [4.69, 9.17) is 5.14 Å². The molecule has 1 amide bonds. The average Bonchev–Trinajstić information content (AvgIpc) is 2.94. The van der Waals surface area contributed by atoms with Gasteiger partial charge in [-0.05, 0) is 29.8 Å². The lowest BCUT2D eigenvalue weighted by molar-refractivity contribution is 0.0946. The van der Waals surface area contributed by atoms with E-state index in [0.29, 0.717) is 5.69 Å². The molecule has 1 heterocycles. The number of aromatic amines is 1. The van der Waals surface area contributed by atoms with Crippen LogP contribution in [0.4, 0.5) is 0 Å². The first-order valence-electron chi connectivity index (χ1n) is 6.37. The summed E-state index contributed by atoms with van der Waals surface area (Å²) in [6, 6.07) is 8.94. The molecule has 0 spiro atoms. The van der Waals surface area contributed by atoms with Crippen LogP contribution < -0.4 is 10.5 Å². The topological polar surface area (TPSA) is 122 Å². The minimum Gasteiger partial charge on any atom is -0.348 e. The smallest absolute Gasteiger partial charge is 0.267 e. The van der Waals surface area contributed by atoms with Crippen molar-refractivity contribution >= 4 is 21.7 Å². The fraction of sp³-hybridized carbons (Fsp3) is 0.143. The summed E-state index contributed by atoms with van der Waals surface area (Å²) in [4.78, 5) is 25.8. The number of Topliss-reactive ketones (excluding diaryl/α,β-unsaturated/α-hetero) is 1. The Morgan fingerprint density at radius 2 is 1.68 bits per heavy atom. The maximum atomic E-state index is 11.9. The molecule has 4 N–H and O–H groups in total. The largest absolute Gasteiger partial charge is 0.348 e. The molecule has 0 aliphatic carbocycles. The van der Waals surface area contributed by atoms with Crippen LogP contribution in [0.2, 0.25) is 0 Å². The van der Waals surface area contributed by atoms with Gasteiger partial charge in [-0.15, -0.1) is 0 Å². The van der Waals surface area contributed by atoms with Crippen molar-refractivity contribution < 1.29 is 18.0 Å². The van der Waals surface area contributed by atoms with Crippen molar-refractivity contribution in [1.29, 1.82) is 0 Å². The molecule has 116 valence electrons. The van der Waals surface area contributed by atoms with Gasteiger partial charge in [0.25, 0.3) is 5.91 Å². The third kappa shape index (κ3) is 3.80. The zero-order valence-corrected chi connectivity index (χ0v) is 12.6. The van der Waals surface area contributed by atoms with Gasteiger partial charge in [-0.25, -0.2) is 13.6 Å². The lowest BCUT2D eigenvalue weighted by Crippen LogP contribution is -2.23. The quantitative estimate of drug-likeness (QED) is 0.705. The molecule has 0 saturated carbocycles. The van der Waals surface area contributed by atoms with Gasteiger partial charge >= 0.3 is 0 Å². The van der Waals surface area contributed by atoms with Gasteiger partial charge < -0.3 is 10.3 Å². The number of hydrogen-bond donors (Lipinski definition) is 3. The number of hydrogen-bond acceptors (Lipinski definition) is 4. The second-order valence-electron chi connectivity index (χ2n) is 4.71. The van der Waals surface area contributed by atoms with E-state index in [1.807, 2.05) is 0 Å². The lowest BCUT2D eigenvalue weighted by atomic mass is 10.2. The molecule has 0 fully saturated rings. The van der Waals surface area contributed by atoms with Crippen LogP contribution in [0.1, 0.15) is 33.5 Å². The SMILES string of the molecule is CC(=O)c1ccc(C(=O)NCc2ccc(S(N)(=O)=O)cc2)[nH]1. The summed E-state index contributed by atoms with van der Waals surface area (Å²) in [7, 11) is -3.72. The minimum absolute atomic E-state index is 0.0121. The number of nitrogens with one attached hydrogen (secondary N) is 2. The number of primary sulfonamides is 1. The summed E-state index contributed by atoms with van der Waals surface area (Å²) in [5.41, 5.74) is 1.37. The number of carbonyl (C=O) groups excluding carboxylic acids is 2. The van der Waals surface area contributed by atoms with E-state index in [1.54, 1.807) is 12.1 Å². The fourth-order valence-electron chi connectivity index (χ4n) is 1.81. The second kappa shape index (κ2) is 6.12. The molecular formula is C14H15N3O4S. The summed E-state index contributed by atoms with van der Waals surface area (Å²) in [5.74, 6) is -0.513. The highest BCUT2D eigenvalue weighted by atomic mass is 32.2. The van der Waals surface area contributed by atoms with Gasteiger partial charge in [0.1, 0.15) is 5.69 Å². The molecule has 22 heavy (non-hydrogen) atoms. The highest BCUT2D eigenvalue weighted by Crippen LogP contribution is 2.09. The van der Waals surface area contributed by atoms with Crippen LogP contribution in [-0.2, 0) is 16.6 Å². The number of sulfonamides is 1. The van der Waals surface area contributed by atoms with Crippen LogP contribution in [0.5, 0.6) is 0 Å². The highest BCUT2D eigenvalue weighted by Gasteiger charge is 2.11. The Labute approximate surface area is 127 Å². The monoisotopic (exact) mass is 321 g/mol. The third-order valence-corrected chi connectivity index (χ3v) is 3.94. The molecule has 7 nitrogen and oxygen atoms in total. The van der Waals surface area contributed by atoms with Crippen molar-refractivity contribution in [2.75, 3.05) is 0 Å². The number of H-pyrrole nitrogens is 1. The van der Waals surface area contributed by atoms with Crippen LogP contribution in [0.15, 0.2) is 41.3 Å². The normalized spacial score (nSPS) is 11.2. The van der Waals surface area contributed by atoms with Crippen molar-refractivity contribution in [2.24, 2.45) is 5.14 Å². The van der Waals surface area contributed by atoms with Crippen LogP contribution >= 0.6 is 0 Å². The summed E-state index contributed by atoms with van der Waals surface area (Å²) in [6.45, 7) is 1.62. The predicted molar refractivity (Wildman–Crippen MR) is 79.8 cm³/mol. The molecule has 0 saturated heterocycles. The third-order valence-electron chi connectivity index (χ3n) is 3.01. The summed E-state index contributed by atoms with van der Waals surface area (Å²) < 4.78 is 22.3. The van der Waals surface area contributed by atoms with Gasteiger partial charge in [0.15, 0.2) is 5.78 Å². The number of aromatic nitrogens is 1. The molecule has 0 atom stereocenters. The number of nitrogens with two attached hydrogens (primary N) is 1. The Kier molecular flexibility index (Phi) is 4.43. The van der Waals surface area contributed by atoms with Gasteiger partial charge in [0.05, 0.1) is 10.6 Å². The first-order chi connectivity index (χ1) is 10.3. The highest BCUT2D eigenvalue weighted by molar-refractivity contribution is 7.89. The van der Waals surface area contributed by atoms with E-state index >= 15 is 0 Å². The van der Waals surface area contributed by atoms with Gasteiger partial charge in [-0.2, -0.15) is 0 Å². The first-order valence-corrected chi connectivity index (χ1v) is 7.92. The molecule has 0 bridgehead atoms. The van der Waals surface area contributed by atoms with Crippen molar-refractivity contribution in [3.05, 3.63) is 53.3 Å². The Bertz CT molecular complexity index is 807. The molecule has 0 unspecified atom stereocenters. The van der Waals surface area contributed by atoms with E-state index in [0.717, 1.165) is 5.56 Å². The van der Waals surface area contributed by atoms with E-state index in [9.17, 15) is 18.0 Å². The number of carbonyl (C=O) groups is 2. The van der Waals surface area contributed by atoms with Crippen LogP contribution in [-0.4, -0.2) is 25.1 Å². The van der Waals surface area contributed by atoms with E-state index in [-0.39, 0.29) is 28.8 Å². The van der Waals surface area contributed by atoms with Gasteiger partial charge in [0, 0.05) is 13.5 Å². The minimum atomic E-state index is -3.72. The molecule has 0 radical (unpaired) electrons.